The molecule has 6 rings (SSSR count). The van der Waals surface area contributed by atoms with Gasteiger partial charge in [0.25, 0.3) is 0 Å². The molecule has 0 saturated carbocycles. The summed E-state index contributed by atoms with van der Waals surface area (Å²) in [6.07, 6.45) is 6.71. The van der Waals surface area contributed by atoms with E-state index in [4.69, 9.17) is 22.3 Å². The van der Waals surface area contributed by atoms with Gasteiger partial charge in [-0.3, -0.25) is 4.79 Å². The Morgan fingerprint density at radius 1 is 0.961 bits per heavy atom. The molecule has 2 aliphatic heterocycles. The minimum Gasteiger partial charge on any atom is -0.453 e. The maximum absolute atomic E-state index is 13.6. The number of benzene rings is 2. The van der Waals surface area contributed by atoms with Gasteiger partial charge in [0.1, 0.15) is 23.4 Å². The zero-order valence-electron chi connectivity index (χ0n) is 28.5. The molecule has 2 amide bonds. The summed E-state index contributed by atoms with van der Waals surface area (Å²) < 4.78 is 4.76. The molecule has 2 unspecified atom stereocenters. The van der Waals surface area contributed by atoms with Crippen LogP contribution in [0.3, 0.4) is 0 Å². The highest BCUT2D eigenvalue weighted by molar-refractivity contribution is 7.80. The average molecular weight is 771 g/mol. The Morgan fingerprint density at radius 2 is 1.71 bits per heavy atom. The number of aromatic amines is 2. The number of ether oxygens (including phenoxy) is 1. The van der Waals surface area contributed by atoms with Gasteiger partial charge < -0.3 is 30.2 Å². The van der Waals surface area contributed by atoms with E-state index in [0.717, 1.165) is 76.6 Å². The lowest BCUT2D eigenvalue weighted by Gasteiger charge is -2.30. The number of thiol groups is 1. The van der Waals surface area contributed by atoms with Gasteiger partial charge in [0.15, 0.2) is 0 Å². The van der Waals surface area contributed by atoms with Gasteiger partial charge >= 0.3 is 6.09 Å². The maximum atomic E-state index is 13.6. The van der Waals surface area contributed by atoms with Crippen molar-refractivity contribution in [2.75, 3.05) is 20.2 Å². The van der Waals surface area contributed by atoms with E-state index in [1.54, 1.807) is 17.3 Å². The molecule has 2 fully saturated rings. The molecule has 14 heteroatoms. The SMILES string of the molecule is COC(=O)N[C@H](C(=O)N1CCCC1c1ncc(-c2ccc(C#CC#Cc3cnc(C4CCCN4)[nH]3)c(-c3ccccc3)c2S)[nH]1)C(C)C.Cl.Cl.Cl. The molecule has 0 bridgehead atoms. The van der Waals surface area contributed by atoms with E-state index in [1.165, 1.54) is 7.11 Å². The number of hydrogen-bond acceptors (Lipinski definition) is 7. The highest BCUT2D eigenvalue weighted by Crippen LogP contribution is 2.38. The van der Waals surface area contributed by atoms with Crippen molar-refractivity contribution in [2.24, 2.45) is 5.92 Å². The third kappa shape index (κ3) is 9.42. The Morgan fingerprint density at radius 3 is 2.41 bits per heavy atom. The second-order valence-electron chi connectivity index (χ2n) is 12.3. The zero-order chi connectivity index (χ0) is 33.6. The summed E-state index contributed by atoms with van der Waals surface area (Å²) in [5.41, 5.74) is 5.05. The van der Waals surface area contributed by atoms with Crippen LogP contribution in [0.1, 0.15) is 74.5 Å². The van der Waals surface area contributed by atoms with E-state index >= 15 is 0 Å². The number of rotatable bonds is 7. The Labute approximate surface area is 322 Å². The molecular formula is C37H42Cl3N7O3S. The standard InChI is InChI=1S/C37H39N7O3S.3ClH/c1-23(2)32(43-37(46)47-3)36(45)44-20-10-16-30(44)35-40-22-29(42-35)27-18-17-25(31(33(27)48)24-11-5-4-6-12-24)13-7-8-14-26-21-39-34(41-26)28-15-9-19-38-28;;;/h4-6,11-12,17-18,21-23,28,30,32,38,48H,9-10,15-16,19-20H2,1-3H3,(H,39,41)(H,40,42)(H,43,46);3*1H/t28?,30?,32-;;;/m0.../s1. The van der Waals surface area contributed by atoms with Crippen LogP contribution in [0.2, 0.25) is 0 Å². The number of carbonyl (C=O) groups excluding carboxylic acids is 2. The van der Waals surface area contributed by atoms with Crippen LogP contribution in [0.25, 0.3) is 22.4 Å². The number of hydrogen-bond donors (Lipinski definition) is 5. The Hall–Kier alpha value is -4.10. The highest BCUT2D eigenvalue weighted by Gasteiger charge is 2.37. The molecule has 2 aliphatic rings. The van der Waals surface area contributed by atoms with E-state index < -0.39 is 12.1 Å². The molecule has 2 saturated heterocycles. The van der Waals surface area contributed by atoms with Crippen molar-refractivity contribution < 1.29 is 14.3 Å². The molecule has 2 aromatic heterocycles. The Bertz CT molecular complexity index is 1920. The predicted molar refractivity (Wildman–Crippen MR) is 209 cm³/mol. The molecule has 4 N–H and O–H groups in total. The van der Waals surface area contributed by atoms with Crippen LogP contribution in [0, 0.1) is 29.6 Å². The molecule has 0 aliphatic carbocycles. The second kappa shape index (κ2) is 18.9. The highest BCUT2D eigenvalue weighted by atomic mass is 35.5. The number of H-pyrrole nitrogens is 2. The molecule has 3 atom stereocenters. The van der Waals surface area contributed by atoms with Gasteiger partial charge in [0, 0.05) is 28.1 Å². The number of amides is 2. The molecule has 2 aromatic carbocycles. The number of likely N-dealkylation sites (tertiary alicyclic amines) is 1. The third-order valence-electron chi connectivity index (χ3n) is 8.81. The lowest BCUT2D eigenvalue weighted by Crippen LogP contribution is -2.51. The number of alkyl carbamates (subject to hydrolysis) is 1. The molecule has 51 heavy (non-hydrogen) atoms. The fourth-order valence-electron chi connectivity index (χ4n) is 6.34. The number of aromatic nitrogens is 4. The van der Waals surface area contributed by atoms with Gasteiger partial charge in [-0.05, 0) is 67.5 Å². The molecular weight excluding hydrogens is 729 g/mol. The van der Waals surface area contributed by atoms with Gasteiger partial charge in [-0.25, -0.2) is 14.8 Å². The van der Waals surface area contributed by atoms with Crippen molar-refractivity contribution in [2.45, 2.75) is 62.6 Å². The summed E-state index contributed by atoms with van der Waals surface area (Å²) in [5, 5.41) is 6.14. The normalized spacial score (nSPS) is 16.7. The van der Waals surface area contributed by atoms with Gasteiger partial charge in [-0.1, -0.05) is 56.2 Å². The summed E-state index contributed by atoms with van der Waals surface area (Å²) in [4.78, 5) is 44.1. The lowest BCUT2D eigenvalue weighted by atomic mass is 9.96. The number of methoxy groups -OCH3 is 1. The van der Waals surface area contributed by atoms with Crippen LogP contribution in [0.4, 0.5) is 4.79 Å². The third-order valence-corrected chi connectivity index (χ3v) is 9.28. The van der Waals surface area contributed by atoms with E-state index in [1.807, 2.05) is 56.3 Å². The number of halogens is 3. The van der Waals surface area contributed by atoms with Crippen LogP contribution < -0.4 is 10.6 Å². The lowest BCUT2D eigenvalue weighted by molar-refractivity contribution is -0.135. The molecule has 0 spiro atoms. The molecule has 270 valence electrons. The van der Waals surface area contributed by atoms with Crippen LogP contribution in [-0.4, -0.2) is 63.1 Å². The number of nitrogens with zero attached hydrogens (tertiary/aromatic N) is 3. The van der Waals surface area contributed by atoms with Crippen LogP contribution in [0.5, 0.6) is 0 Å². The van der Waals surface area contributed by atoms with Crippen molar-refractivity contribution >= 4 is 61.9 Å². The summed E-state index contributed by atoms with van der Waals surface area (Å²) in [6, 6.07) is 13.3. The summed E-state index contributed by atoms with van der Waals surface area (Å²) in [6.45, 7) is 5.39. The molecule has 4 aromatic rings. The van der Waals surface area contributed by atoms with Gasteiger partial charge in [-0.15, -0.1) is 49.8 Å². The average Bonchev–Trinajstić information content (AvgIpc) is 3.93. The predicted octanol–water partition coefficient (Wildman–Crippen LogP) is 6.89. The Kier molecular flexibility index (Phi) is 15.3. The monoisotopic (exact) mass is 769 g/mol. The first kappa shape index (κ1) is 41.3. The van der Waals surface area contributed by atoms with Gasteiger partial charge in [0.05, 0.1) is 37.3 Å². The number of imidazole rings is 2. The van der Waals surface area contributed by atoms with Crippen LogP contribution >= 0.6 is 49.8 Å². The quantitative estimate of drug-likeness (QED) is 0.103. The van der Waals surface area contributed by atoms with E-state index in [9.17, 15) is 9.59 Å². The summed E-state index contributed by atoms with van der Waals surface area (Å²) in [5.74, 6) is 13.6. The first-order chi connectivity index (χ1) is 23.3. The summed E-state index contributed by atoms with van der Waals surface area (Å²) >= 11 is 5.02. The van der Waals surface area contributed by atoms with E-state index in [-0.39, 0.29) is 61.1 Å². The van der Waals surface area contributed by atoms with Crippen molar-refractivity contribution in [3.8, 4) is 46.1 Å². The summed E-state index contributed by atoms with van der Waals surface area (Å²) in [7, 11) is 1.29. The van der Waals surface area contributed by atoms with Gasteiger partial charge in [-0.2, -0.15) is 0 Å². The Balaban J connectivity index is 0.00000234. The van der Waals surface area contributed by atoms with Crippen molar-refractivity contribution in [1.82, 2.24) is 35.5 Å². The van der Waals surface area contributed by atoms with Gasteiger partial charge in [0.2, 0.25) is 5.91 Å². The smallest absolute Gasteiger partial charge is 0.407 e. The molecule has 10 nitrogen and oxygen atoms in total. The number of nitrogens with one attached hydrogen (secondary N) is 4. The maximum Gasteiger partial charge on any atom is 0.407 e. The van der Waals surface area contributed by atoms with E-state index in [2.05, 4.69) is 49.3 Å². The fraction of sp³-hybridized carbons (Fsp3) is 0.351. The van der Waals surface area contributed by atoms with E-state index in [0.29, 0.717) is 12.4 Å². The van der Waals surface area contributed by atoms with Crippen molar-refractivity contribution in [1.29, 1.82) is 0 Å². The largest absolute Gasteiger partial charge is 0.453 e. The van der Waals surface area contributed by atoms with Crippen LogP contribution in [-0.2, 0) is 9.53 Å². The first-order valence-electron chi connectivity index (χ1n) is 16.3. The topological polar surface area (TPSA) is 128 Å². The fourth-order valence-corrected chi connectivity index (χ4v) is 6.78. The molecule has 4 heterocycles. The van der Waals surface area contributed by atoms with Crippen molar-refractivity contribution in [3.63, 3.8) is 0 Å². The number of carbonyl (C=O) groups is 2. The van der Waals surface area contributed by atoms with Crippen molar-refractivity contribution in [3.05, 3.63) is 77.8 Å². The zero-order valence-corrected chi connectivity index (χ0v) is 31.8. The second-order valence-corrected chi connectivity index (χ2v) is 12.8. The first-order valence-corrected chi connectivity index (χ1v) is 16.7. The minimum atomic E-state index is -0.700. The molecule has 0 radical (unpaired) electrons. The van der Waals surface area contributed by atoms with Crippen LogP contribution in [0.15, 0.2) is 59.8 Å². The minimum absolute atomic E-state index is 0.